The molecule has 0 radical (unpaired) electrons. The van der Waals surface area contributed by atoms with Crippen molar-refractivity contribution in [2.24, 2.45) is 5.41 Å². The Labute approximate surface area is 145 Å². The number of halogens is 4. The number of aliphatic carboxylic acids is 1. The van der Waals surface area contributed by atoms with Gasteiger partial charge in [0, 0.05) is 25.7 Å². The van der Waals surface area contributed by atoms with E-state index in [4.69, 9.17) is 16.7 Å². The normalized spacial score (nSPS) is 20.4. The van der Waals surface area contributed by atoms with Crippen molar-refractivity contribution >= 4 is 35.1 Å². The quantitative estimate of drug-likeness (QED) is 0.846. The van der Waals surface area contributed by atoms with Gasteiger partial charge < -0.3 is 15.3 Å². The van der Waals surface area contributed by atoms with Gasteiger partial charge in [0.2, 0.25) is 5.91 Å². The van der Waals surface area contributed by atoms with Gasteiger partial charge in [-0.25, -0.2) is 0 Å². The molecule has 0 aliphatic carbocycles. The molecule has 1 atom stereocenters. The minimum Gasteiger partial charge on any atom is -0.481 e. The SMILES string of the molecule is CC(=O)Nc1ccc(Cl)c(C(=O)N2CCC(C(=O)O)(C(F)(F)F)C2)c1. The summed E-state index contributed by atoms with van der Waals surface area (Å²) < 4.78 is 39.6. The number of carboxylic acid groups (broad SMARTS) is 1. The van der Waals surface area contributed by atoms with Gasteiger partial charge in [-0.2, -0.15) is 13.2 Å². The van der Waals surface area contributed by atoms with Gasteiger partial charge in [0.25, 0.3) is 5.91 Å². The molecular weight excluding hydrogens is 365 g/mol. The van der Waals surface area contributed by atoms with Gasteiger partial charge in [-0.05, 0) is 24.6 Å². The molecule has 2 amide bonds. The number of anilines is 1. The number of hydrogen-bond donors (Lipinski definition) is 2. The number of amides is 2. The molecule has 0 spiro atoms. The Bertz CT molecular complexity index is 738. The van der Waals surface area contributed by atoms with E-state index in [9.17, 15) is 27.6 Å². The van der Waals surface area contributed by atoms with E-state index in [0.29, 0.717) is 0 Å². The van der Waals surface area contributed by atoms with Gasteiger partial charge in [-0.3, -0.25) is 14.4 Å². The molecule has 1 unspecified atom stereocenters. The Balaban J connectivity index is 2.31. The molecule has 1 heterocycles. The molecule has 2 rings (SSSR count). The number of nitrogens with one attached hydrogen (secondary N) is 1. The summed E-state index contributed by atoms with van der Waals surface area (Å²) >= 11 is 5.93. The maximum absolute atomic E-state index is 13.2. The lowest BCUT2D eigenvalue weighted by Crippen LogP contribution is -2.47. The van der Waals surface area contributed by atoms with Crippen LogP contribution in [0.15, 0.2) is 18.2 Å². The number of carbonyl (C=O) groups excluding carboxylic acids is 2. The van der Waals surface area contributed by atoms with Crippen molar-refractivity contribution in [1.82, 2.24) is 4.90 Å². The summed E-state index contributed by atoms with van der Waals surface area (Å²) in [5, 5.41) is 11.5. The van der Waals surface area contributed by atoms with E-state index in [1.807, 2.05) is 0 Å². The summed E-state index contributed by atoms with van der Waals surface area (Å²) in [7, 11) is 0. The van der Waals surface area contributed by atoms with Crippen LogP contribution in [0.5, 0.6) is 0 Å². The lowest BCUT2D eigenvalue weighted by Gasteiger charge is -2.27. The van der Waals surface area contributed by atoms with Crippen LogP contribution in [0.3, 0.4) is 0 Å². The van der Waals surface area contributed by atoms with Crippen molar-refractivity contribution in [3.63, 3.8) is 0 Å². The highest BCUT2D eigenvalue weighted by atomic mass is 35.5. The Morgan fingerprint density at radius 1 is 1.32 bits per heavy atom. The number of likely N-dealkylation sites (tertiary alicyclic amines) is 1. The lowest BCUT2D eigenvalue weighted by atomic mass is 9.86. The molecular formula is C15H14ClF3N2O4. The molecule has 1 saturated heterocycles. The largest absolute Gasteiger partial charge is 0.481 e. The average Bonchev–Trinajstić information content (AvgIpc) is 2.94. The molecule has 0 aromatic heterocycles. The first-order valence-corrected chi connectivity index (χ1v) is 7.52. The molecule has 1 aliphatic heterocycles. The highest BCUT2D eigenvalue weighted by molar-refractivity contribution is 6.34. The van der Waals surface area contributed by atoms with Crippen molar-refractivity contribution < 1.29 is 32.7 Å². The number of nitrogens with zero attached hydrogens (tertiary/aromatic N) is 1. The Morgan fingerprint density at radius 3 is 2.44 bits per heavy atom. The van der Waals surface area contributed by atoms with Crippen LogP contribution in [0.4, 0.5) is 18.9 Å². The monoisotopic (exact) mass is 378 g/mol. The molecule has 136 valence electrons. The third kappa shape index (κ3) is 3.55. The van der Waals surface area contributed by atoms with Crippen LogP contribution in [0.1, 0.15) is 23.7 Å². The molecule has 2 N–H and O–H groups in total. The van der Waals surface area contributed by atoms with Crippen LogP contribution in [-0.2, 0) is 9.59 Å². The van der Waals surface area contributed by atoms with Gasteiger partial charge in [-0.1, -0.05) is 11.6 Å². The number of carbonyl (C=O) groups is 3. The number of carboxylic acids is 1. The molecule has 0 saturated carbocycles. The number of hydrogen-bond acceptors (Lipinski definition) is 3. The van der Waals surface area contributed by atoms with Crippen LogP contribution in [0, 0.1) is 5.41 Å². The van der Waals surface area contributed by atoms with Crippen LogP contribution in [0.2, 0.25) is 5.02 Å². The van der Waals surface area contributed by atoms with Crippen LogP contribution < -0.4 is 5.32 Å². The lowest BCUT2D eigenvalue weighted by molar-refractivity contribution is -0.227. The van der Waals surface area contributed by atoms with E-state index in [1.165, 1.54) is 25.1 Å². The van der Waals surface area contributed by atoms with Crippen molar-refractivity contribution in [3.8, 4) is 0 Å². The fourth-order valence-corrected chi connectivity index (χ4v) is 2.85. The third-order valence-electron chi connectivity index (χ3n) is 4.03. The highest BCUT2D eigenvalue weighted by Crippen LogP contribution is 2.46. The van der Waals surface area contributed by atoms with Crippen LogP contribution >= 0.6 is 11.6 Å². The van der Waals surface area contributed by atoms with Crippen molar-refractivity contribution in [2.45, 2.75) is 19.5 Å². The molecule has 1 aromatic rings. The number of benzene rings is 1. The second-order valence-corrected chi connectivity index (χ2v) is 6.14. The Kier molecular flexibility index (Phi) is 4.99. The molecule has 25 heavy (non-hydrogen) atoms. The summed E-state index contributed by atoms with van der Waals surface area (Å²) in [4.78, 5) is 35.6. The topological polar surface area (TPSA) is 86.7 Å². The summed E-state index contributed by atoms with van der Waals surface area (Å²) in [6.07, 6.45) is -5.73. The van der Waals surface area contributed by atoms with E-state index in [0.717, 1.165) is 4.90 Å². The van der Waals surface area contributed by atoms with Gasteiger partial charge in [0.15, 0.2) is 5.41 Å². The van der Waals surface area contributed by atoms with E-state index >= 15 is 0 Å². The van der Waals surface area contributed by atoms with Crippen LogP contribution in [0.25, 0.3) is 0 Å². The Morgan fingerprint density at radius 2 is 1.96 bits per heavy atom. The Hall–Kier alpha value is -2.29. The van der Waals surface area contributed by atoms with Gasteiger partial charge in [-0.15, -0.1) is 0 Å². The van der Waals surface area contributed by atoms with Crippen molar-refractivity contribution in [2.75, 3.05) is 18.4 Å². The van der Waals surface area contributed by atoms with Gasteiger partial charge in [0.05, 0.1) is 10.6 Å². The average molecular weight is 379 g/mol. The zero-order valence-corrected chi connectivity index (χ0v) is 13.7. The maximum Gasteiger partial charge on any atom is 0.406 e. The number of alkyl halides is 3. The maximum atomic E-state index is 13.2. The second-order valence-electron chi connectivity index (χ2n) is 5.74. The van der Waals surface area contributed by atoms with Crippen molar-refractivity contribution in [3.05, 3.63) is 28.8 Å². The first-order chi connectivity index (χ1) is 11.5. The smallest absolute Gasteiger partial charge is 0.406 e. The zero-order valence-electron chi connectivity index (χ0n) is 13.0. The fourth-order valence-electron chi connectivity index (χ4n) is 2.65. The molecule has 10 heteroatoms. The summed E-state index contributed by atoms with van der Waals surface area (Å²) in [5.41, 5.74) is -2.86. The van der Waals surface area contributed by atoms with E-state index < -0.39 is 42.3 Å². The minimum absolute atomic E-state index is 0.0149. The molecule has 1 aromatic carbocycles. The van der Waals surface area contributed by atoms with Crippen molar-refractivity contribution in [1.29, 1.82) is 0 Å². The van der Waals surface area contributed by atoms with E-state index in [2.05, 4.69) is 5.32 Å². The third-order valence-corrected chi connectivity index (χ3v) is 4.36. The number of rotatable bonds is 3. The predicted octanol–water partition coefficient (Wildman–Crippen LogP) is 2.78. The highest BCUT2D eigenvalue weighted by Gasteiger charge is 2.64. The van der Waals surface area contributed by atoms with Gasteiger partial charge in [0.1, 0.15) is 0 Å². The van der Waals surface area contributed by atoms with Crippen LogP contribution in [-0.4, -0.2) is 47.1 Å². The molecule has 6 nitrogen and oxygen atoms in total. The second kappa shape index (κ2) is 6.55. The molecule has 1 fully saturated rings. The predicted molar refractivity (Wildman–Crippen MR) is 82.4 cm³/mol. The standard InChI is InChI=1S/C15H14ClF3N2O4/c1-8(22)20-9-2-3-11(16)10(6-9)12(23)21-5-4-14(7-21,13(24)25)15(17,18)19/h2-3,6H,4-5,7H2,1H3,(H,20,22)(H,24,25). The van der Waals surface area contributed by atoms with Gasteiger partial charge >= 0.3 is 12.1 Å². The van der Waals surface area contributed by atoms with E-state index in [-0.39, 0.29) is 22.8 Å². The fraction of sp³-hybridized carbons (Fsp3) is 0.400. The minimum atomic E-state index is -4.99. The molecule has 1 aliphatic rings. The summed E-state index contributed by atoms with van der Waals surface area (Å²) in [6, 6.07) is 3.99. The van der Waals surface area contributed by atoms with E-state index in [1.54, 1.807) is 0 Å². The zero-order chi connectivity index (χ0) is 19.0. The first kappa shape index (κ1) is 19.0. The summed E-state index contributed by atoms with van der Waals surface area (Å²) in [5.74, 6) is -3.25. The molecule has 0 bridgehead atoms. The first-order valence-electron chi connectivity index (χ1n) is 7.14. The summed E-state index contributed by atoms with van der Waals surface area (Å²) in [6.45, 7) is -0.113.